The molecule has 0 aromatic carbocycles. The van der Waals surface area contributed by atoms with Crippen molar-refractivity contribution in [2.45, 2.75) is 32.7 Å². The highest BCUT2D eigenvalue weighted by atomic mass is 79.9. The van der Waals surface area contributed by atoms with Crippen LogP contribution in [0.2, 0.25) is 0 Å². The standard InChI is InChI=1S/C15H19BrN4OS/c1-8(11-4-5-18-7-12(11)16)6-19-14(21)13-10(3)22-15(20-13)9(2)17/h4-5,7-9H,6,17H2,1-3H3,(H,19,21). The van der Waals surface area contributed by atoms with Gasteiger partial charge >= 0.3 is 0 Å². The number of carbonyl (C=O) groups excluding carboxylic acids is 1. The number of pyridine rings is 1. The first-order valence-electron chi connectivity index (χ1n) is 7.00. The summed E-state index contributed by atoms with van der Waals surface area (Å²) in [7, 11) is 0. The van der Waals surface area contributed by atoms with Gasteiger partial charge in [-0.15, -0.1) is 11.3 Å². The Morgan fingerprint density at radius 1 is 1.50 bits per heavy atom. The van der Waals surface area contributed by atoms with Gasteiger partial charge in [0.1, 0.15) is 10.7 Å². The summed E-state index contributed by atoms with van der Waals surface area (Å²) in [5.74, 6) is 0.0193. The molecule has 0 bridgehead atoms. The Balaban J connectivity index is 2.02. The fourth-order valence-corrected chi connectivity index (χ4v) is 3.56. The van der Waals surface area contributed by atoms with Gasteiger partial charge in [0.2, 0.25) is 0 Å². The Hall–Kier alpha value is -1.31. The zero-order valence-electron chi connectivity index (χ0n) is 12.8. The van der Waals surface area contributed by atoms with Crippen LogP contribution in [0.3, 0.4) is 0 Å². The number of thiazole rings is 1. The van der Waals surface area contributed by atoms with Gasteiger partial charge in [-0.2, -0.15) is 0 Å². The molecule has 3 N–H and O–H groups in total. The molecule has 0 spiro atoms. The smallest absolute Gasteiger partial charge is 0.271 e. The van der Waals surface area contributed by atoms with Crippen LogP contribution < -0.4 is 11.1 Å². The molecular formula is C15H19BrN4OS. The van der Waals surface area contributed by atoms with Crippen molar-refractivity contribution in [2.75, 3.05) is 6.54 Å². The third-order valence-corrected chi connectivity index (χ3v) is 5.16. The summed E-state index contributed by atoms with van der Waals surface area (Å²) in [6.45, 7) is 6.35. The van der Waals surface area contributed by atoms with Gasteiger partial charge in [0.15, 0.2) is 0 Å². The van der Waals surface area contributed by atoms with Gasteiger partial charge < -0.3 is 11.1 Å². The molecule has 22 heavy (non-hydrogen) atoms. The van der Waals surface area contributed by atoms with Crippen LogP contribution in [0.5, 0.6) is 0 Å². The number of halogens is 1. The number of rotatable bonds is 5. The van der Waals surface area contributed by atoms with Crippen LogP contribution in [0.4, 0.5) is 0 Å². The fourth-order valence-electron chi connectivity index (χ4n) is 2.05. The molecule has 2 unspecified atom stereocenters. The maximum atomic E-state index is 12.3. The Morgan fingerprint density at radius 3 is 2.82 bits per heavy atom. The number of nitrogens with one attached hydrogen (secondary N) is 1. The quantitative estimate of drug-likeness (QED) is 0.831. The van der Waals surface area contributed by atoms with Crippen LogP contribution in [0.25, 0.3) is 0 Å². The topological polar surface area (TPSA) is 80.9 Å². The van der Waals surface area contributed by atoms with Crippen LogP contribution in [-0.4, -0.2) is 22.4 Å². The summed E-state index contributed by atoms with van der Waals surface area (Å²) < 4.78 is 0.945. The summed E-state index contributed by atoms with van der Waals surface area (Å²) in [5, 5.41) is 3.73. The average Bonchev–Trinajstić information content (AvgIpc) is 2.87. The number of nitrogens with two attached hydrogens (primary N) is 1. The molecule has 2 aromatic heterocycles. The van der Waals surface area contributed by atoms with E-state index in [1.165, 1.54) is 11.3 Å². The zero-order chi connectivity index (χ0) is 16.3. The maximum Gasteiger partial charge on any atom is 0.271 e. The average molecular weight is 383 g/mol. The molecule has 0 aliphatic rings. The number of aromatic nitrogens is 2. The molecule has 0 saturated carbocycles. The van der Waals surface area contributed by atoms with Crippen LogP contribution in [0.1, 0.15) is 51.7 Å². The maximum absolute atomic E-state index is 12.3. The fraction of sp³-hybridized carbons (Fsp3) is 0.400. The molecule has 2 atom stereocenters. The highest BCUT2D eigenvalue weighted by molar-refractivity contribution is 9.10. The summed E-state index contributed by atoms with van der Waals surface area (Å²) >= 11 is 4.95. The first kappa shape index (κ1) is 17.1. The van der Waals surface area contributed by atoms with E-state index in [9.17, 15) is 4.79 Å². The van der Waals surface area contributed by atoms with Gasteiger partial charge in [-0.25, -0.2) is 4.98 Å². The highest BCUT2D eigenvalue weighted by Crippen LogP contribution is 2.24. The third-order valence-electron chi connectivity index (χ3n) is 3.32. The minimum Gasteiger partial charge on any atom is -0.350 e. The van der Waals surface area contributed by atoms with E-state index < -0.39 is 0 Å². The molecule has 7 heteroatoms. The number of amides is 1. The van der Waals surface area contributed by atoms with E-state index in [4.69, 9.17) is 5.73 Å². The van der Waals surface area contributed by atoms with Crippen molar-refractivity contribution in [1.29, 1.82) is 0 Å². The predicted octanol–water partition coefficient (Wildman–Crippen LogP) is 3.16. The molecule has 0 aliphatic heterocycles. The van der Waals surface area contributed by atoms with Crippen molar-refractivity contribution in [2.24, 2.45) is 5.73 Å². The summed E-state index contributed by atoms with van der Waals surface area (Å²) in [6, 6.07) is 1.79. The monoisotopic (exact) mass is 382 g/mol. The molecule has 1 amide bonds. The second-order valence-corrected chi connectivity index (χ2v) is 7.34. The van der Waals surface area contributed by atoms with Crippen LogP contribution in [0, 0.1) is 6.92 Å². The molecule has 0 aliphatic carbocycles. The Bertz CT molecular complexity index is 671. The van der Waals surface area contributed by atoms with E-state index in [-0.39, 0.29) is 17.9 Å². The third kappa shape index (κ3) is 3.91. The molecule has 118 valence electrons. The summed E-state index contributed by atoms with van der Waals surface area (Å²) in [5.41, 5.74) is 7.40. The summed E-state index contributed by atoms with van der Waals surface area (Å²) in [6.07, 6.45) is 3.51. The lowest BCUT2D eigenvalue weighted by Gasteiger charge is -2.14. The number of carbonyl (C=O) groups is 1. The van der Waals surface area contributed by atoms with Gasteiger partial charge in [-0.05, 0) is 47.3 Å². The molecule has 2 aromatic rings. The van der Waals surface area contributed by atoms with Gasteiger partial charge in [-0.1, -0.05) is 6.92 Å². The molecule has 2 heterocycles. The molecule has 0 radical (unpaired) electrons. The predicted molar refractivity (Wildman–Crippen MR) is 92.1 cm³/mol. The lowest BCUT2D eigenvalue weighted by Crippen LogP contribution is -2.28. The minimum absolute atomic E-state index is 0.155. The number of hydrogen-bond donors (Lipinski definition) is 2. The van der Waals surface area contributed by atoms with Gasteiger partial charge in [0.05, 0.1) is 6.04 Å². The molecule has 0 fully saturated rings. The van der Waals surface area contributed by atoms with Crippen LogP contribution in [-0.2, 0) is 0 Å². The second-order valence-electron chi connectivity index (χ2n) is 5.25. The highest BCUT2D eigenvalue weighted by Gasteiger charge is 2.18. The number of nitrogens with zero attached hydrogens (tertiary/aromatic N) is 2. The SMILES string of the molecule is Cc1sc(C(C)N)nc1C(=O)NCC(C)c1ccncc1Br. The molecule has 2 rings (SSSR count). The van der Waals surface area contributed by atoms with Crippen molar-refractivity contribution in [3.8, 4) is 0 Å². The van der Waals surface area contributed by atoms with Crippen molar-refractivity contribution < 1.29 is 4.79 Å². The molecule has 5 nitrogen and oxygen atoms in total. The molecular weight excluding hydrogens is 364 g/mol. The van der Waals surface area contributed by atoms with Crippen molar-refractivity contribution >= 4 is 33.2 Å². The zero-order valence-corrected chi connectivity index (χ0v) is 15.2. The molecule has 0 saturated heterocycles. The number of hydrogen-bond acceptors (Lipinski definition) is 5. The van der Waals surface area contributed by atoms with Crippen LogP contribution >= 0.6 is 27.3 Å². The normalized spacial score (nSPS) is 13.7. The van der Waals surface area contributed by atoms with E-state index in [0.717, 1.165) is 19.9 Å². The first-order valence-corrected chi connectivity index (χ1v) is 8.61. The van der Waals surface area contributed by atoms with Crippen molar-refractivity contribution in [3.05, 3.63) is 44.1 Å². The van der Waals surface area contributed by atoms with E-state index in [1.807, 2.05) is 19.9 Å². The largest absolute Gasteiger partial charge is 0.350 e. The van der Waals surface area contributed by atoms with Crippen molar-refractivity contribution in [1.82, 2.24) is 15.3 Å². The first-order chi connectivity index (χ1) is 10.4. The summed E-state index contributed by atoms with van der Waals surface area (Å²) in [4.78, 5) is 21.6. The van der Waals surface area contributed by atoms with E-state index in [2.05, 4.69) is 38.1 Å². The second kappa shape index (κ2) is 7.30. The lowest BCUT2D eigenvalue weighted by atomic mass is 10.0. The van der Waals surface area contributed by atoms with E-state index in [0.29, 0.717) is 12.2 Å². The van der Waals surface area contributed by atoms with E-state index in [1.54, 1.807) is 12.4 Å². The lowest BCUT2D eigenvalue weighted by molar-refractivity contribution is 0.0946. The van der Waals surface area contributed by atoms with Gasteiger partial charge in [-0.3, -0.25) is 9.78 Å². The van der Waals surface area contributed by atoms with Gasteiger partial charge in [0.25, 0.3) is 5.91 Å². The van der Waals surface area contributed by atoms with Crippen molar-refractivity contribution in [3.63, 3.8) is 0 Å². The Kier molecular flexibility index (Phi) is 5.66. The Labute approximate surface area is 142 Å². The minimum atomic E-state index is -0.156. The Morgan fingerprint density at radius 2 is 2.23 bits per heavy atom. The number of aryl methyl sites for hydroxylation is 1. The van der Waals surface area contributed by atoms with E-state index >= 15 is 0 Å². The van der Waals surface area contributed by atoms with Gasteiger partial charge in [0, 0.05) is 28.3 Å². The van der Waals surface area contributed by atoms with Crippen LogP contribution in [0.15, 0.2) is 22.9 Å².